The summed E-state index contributed by atoms with van der Waals surface area (Å²) >= 11 is 0. The highest BCUT2D eigenvalue weighted by Gasteiger charge is 2.55. The topological polar surface area (TPSA) is 64.8 Å². The van der Waals surface area contributed by atoms with E-state index in [1.807, 2.05) is 24.3 Å². The Hall–Kier alpha value is -2.53. The molecule has 164 valence electrons. The Kier molecular flexibility index (Phi) is 5.39. The van der Waals surface area contributed by atoms with Crippen LogP contribution >= 0.6 is 0 Å². The fraction of sp³-hybridized carbons (Fsp3) is 0.500. The lowest BCUT2D eigenvalue weighted by molar-refractivity contribution is -0.124. The van der Waals surface area contributed by atoms with Gasteiger partial charge in [-0.15, -0.1) is 0 Å². The predicted molar refractivity (Wildman–Crippen MR) is 120 cm³/mol. The zero-order valence-electron chi connectivity index (χ0n) is 18.3. The van der Waals surface area contributed by atoms with Crippen LogP contribution in [0, 0.1) is 17.8 Å². The van der Waals surface area contributed by atoms with Crippen molar-refractivity contribution in [3.8, 4) is 11.5 Å². The van der Waals surface area contributed by atoms with E-state index in [0.717, 1.165) is 67.0 Å². The zero-order valence-corrected chi connectivity index (χ0v) is 18.3. The van der Waals surface area contributed by atoms with Crippen molar-refractivity contribution in [1.29, 1.82) is 0 Å². The van der Waals surface area contributed by atoms with E-state index in [-0.39, 0.29) is 5.91 Å². The molecule has 1 amide bonds. The van der Waals surface area contributed by atoms with Gasteiger partial charge >= 0.3 is 0 Å². The molecule has 3 atom stereocenters. The second kappa shape index (κ2) is 8.19. The average molecular weight is 421 g/mol. The quantitative estimate of drug-likeness (QED) is 0.671. The van der Waals surface area contributed by atoms with Crippen molar-refractivity contribution in [3.05, 3.63) is 59.7 Å². The van der Waals surface area contributed by atoms with Crippen LogP contribution < -0.4 is 15.2 Å². The van der Waals surface area contributed by atoms with Gasteiger partial charge in [-0.1, -0.05) is 43.3 Å². The van der Waals surface area contributed by atoms with Crippen molar-refractivity contribution in [3.63, 3.8) is 0 Å². The molecular weight excluding hydrogens is 388 g/mol. The second-order valence-corrected chi connectivity index (χ2v) is 9.39. The summed E-state index contributed by atoms with van der Waals surface area (Å²) in [6, 6.07) is 16.4. The lowest BCUT2D eigenvalue weighted by atomic mass is 9.73. The van der Waals surface area contributed by atoms with Gasteiger partial charge in [0.1, 0.15) is 0 Å². The first-order valence-electron chi connectivity index (χ1n) is 11.6. The first-order valence-corrected chi connectivity index (χ1v) is 11.6. The van der Waals surface area contributed by atoms with Gasteiger partial charge in [0.15, 0.2) is 11.5 Å². The molecule has 2 fully saturated rings. The molecular formula is C26H32N2O3. The minimum Gasteiger partial charge on any atom is -0.454 e. The van der Waals surface area contributed by atoms with Gasteiger partial charge in [-0.05, 0) is 66.7 Å². The number of hydrogen-bond donors (Lipinski definition) is 1. The number of carbonyl (C=O) groups excluding carboxylic acids is 1. The van der Waals surface area contributed by atoms with E-state index in [0.29, 0.717) is 6.79 Å². The standard InChI is InChI=1S/C26H32N2O3/c1-2-26(25(27)29,19-6-4-3-5-7-19)12-10-20-21-15-28(16-22(20)21)13-11-18-8-9-23-24(14-18)31-17-30-23/h3-9,14,20-22H,2,10-13,15-17H2,1H3,(H2,27,29). The number of primary amides is 1. The van der Waals surface area contributed by atoms with E-state index in [4.69, 9.17) is 15.2 Å². The fourth-order valence-electron chi connectivity index (χ4n) is 5.87. The molecule has 2 aromatic rings. The number of benzene rings is 2. The summed E-state index contributed by atoms with van der Waals surface area (Å²) in [5.41, 5.74) is 7.77. The molecule has 2 aromatic carbocycles. The van der Waals surface area contributed by atoms with Gasteiger partial charge in [0.05, 0.1) is 5.41 Å². The molecule has 1 saturated heterocycles. The molecule has 2 heterocycles. The molecule has 2 N–H and O–H groups in total. The maximum absolute atomic E-state index is 12.5. The van der Waals surface area contributed by atoms with Crippen molar-refractivity contribution >= 4 is 5.91 Å². The largest absolute Gasteiger partial charge is 0.454 e. The molecule has 0 bridgehead atoms. The van der Waals surface area contributed by atoms with E-state index in [1.165, 1.54) is 18.7 Å². The van der Waals surface area contributed by atoms with Gasteiger partial charge in [-0.2, -0.15) is 0 Å². The van der Waals surface area contributed by atoms with E-state index in [9.17, 15) is 4.79 Å². The SMILES string of the molecule is CCC(CCC1C2CN(CCc3ccc4c(c3)OCO4)CC12)(C(N)=O)c1ccccc1. The van der Waals surface area contributed by atoms with Crippen LogP contribution in [0.1, 0.15) is 37.3 Å². The predicted octanol–water partition coefficient (Wildman–Crippen LogP) is 3.75. The van der Waals surface area contributed by atoms with Crippen LogP contribution in [0.2, 0.25) is 0 Å². The summed E-state index contributed by atoms with van der Waals surface area (Å²) in [7, 11) is 0. The lowest BCUT2D eigenvalue weighted by Gasteiger charge is -2.30. The third kappa shape index (κ3) is 3.80. The maximum atomic E-state index is 12.5. The number of likely N-dealkylation sites (tertiary alicyclic amines) is 1. The number of ether oxygens (including phenoxy) is 2. The third-order valence-electron chi connectivity index (χ3n) is 7.91. The molecule has 3 unspecified atom stereocenters. The van der Waals surface area contributed by atoms with Crippen molar-refractivity contribution in [2.24, 2.45) is 23.5 Å². The Morgan fingerprint density at radius 2 is 1.84 bits per heavy atom. The van der Waals surface area contributed by atoms with Crippen molar-refractivity contribution in [2.45, 2.75) is 38.0 Å². The molecule has 1 saturated carbocycles. The van der Waals surface area contributed by atoms with Gasteiger partial charge < -0.3 is 20.1 Å². The van der Waals surface area contributed by atoms with E-state index < -0.39 is 5.41 Å². The Morgan fingerprint density at radius 1 is 1.10 bits per heavy atom. The number of nitrogens with two attached hydrogens (primary N) is 1. The third-order valence-corrected chi connectivity index (χ3v) is 7.91. The lowest BCUT2D eigenvalue weighted by Crippen LogP contribution is -2.41. The zero-order chi connectivity index (χ0) is 21.4. The van der Waals surface area contributed by atoms with E-state index in [1.54, 1.807) is 0 Å². The molecule has 1 aliphatic carbocycles. The highest BCUT2D eigenvalue weighted by atomic mass is 16.7. The molecule has 5 nitrogen and oxygen atoms in total. The van der Waals surface area contributed by atoms with Crippen LogP contribution in [0.15, 0.2) is 48.5 Å². The van der Waals surface area contributed by atoms with Crippen LogP contribution in [-0.4, -0.2) is 37.2 Å². The molecule has 31 heavy (non-hydrogen) atoms. The normalized spacial score (nSPS) is 25.8. The highest BCUT2D eigenvalue weighted by Crippen LogP contribution is 2.55. The Balaban J connectivity index is 1.12. The summed E-state index contributed by atoms with van der Waals surface area (Å²) in [6.07, 6.45) is 3.75. The summed E-state index contributed by atoms with van der Waals surface area (Å²) in [5.74, 6) is 3.86. The van der Waals surface area contributed by atoms with Crippen LogP contribution in [0.5, 0.6) is 11.5 Å². The molecule has 2 aliphatic heterocycles. The number of carbonyl (C=O) groups is 1. The van der Waals surface area contributed by atoms with Gasteiger partial charge in [0.25, 0.3) is 0 Å². The number of amides is 1. The summed E-state index contributed by atoms with van der Waals surface area (Å²) < 4.78 is 10.9. The second-order valence-electron chi connectivity index (χ2n) is 9.39. The van der Waals surface area contributed by atoms with Crippen molar-refractivity contribution < 1.29 is 14.3 Å². The maximum Gasteiger partial charge on any atom is 0.231 e. The molecule has 0 radical (unpaired) electrons. The molecule has 5 heteroatoms. The molecule has 3 aliphatic rings. The molecule has 0 aromatic heterocycles. The van der Waals surface area contributed by atoms with Crippen molar-refractivity contribution in [2.75, 3.05) is 26.4 Å². The number of rotatable bonds is 9. The summed E-state index contributed by atoms with van der Waals surface area (Å²) in [5, 5.41) is 0. The summed E-state index contributed by atoms with van der Waals surface area (Å²) in [6.45, 7) is 5.86. The minimum absolute atomic E-state index is 0.183. The van der Waals surface area contributed by atoms with Gasteiger partial charge in [-0.3, -0.25) is 4.79 Å². The minimum atomic E-state index is -0.531. The van der Waals surface area contributed by atoms with Gasteiger partial charge in [-0.25, -0.2) is 0 Å². The highest BCUT2D eigenvalue weighted by molar-refractivity contribution is 5.86. The first-order chi connectivity index (χ1) is 15.1. The van der Waals surface area contributed by atoms with Crippen LogP contribution in [0.25, 0.3) is 0 Å². The Bertz CT molecular complexity index is 935. The number of nitrogens with zero attached hydrogens (tertiary/aromatic N) is 1. The molecule has 5 rings (SSSR count). The number of hydrogen-bond acceptors (Lipinski definition) is 4. The van der Waals surface area contributed by atoms with Gasteiger partial charge in [0.2, 0.25) is 12.7 Å². The van der Waals surface area contributed by atoms with Crippen LogP contribution in [-0.2, 0) is 16.6 Å². The number of piperidine rings is 1. The van der Waals surface area contributed by atoms with Crippen molar-refractivity contribution in [1.82, 2.24) is 4.90 Å². The summed E-state index contributed by atoms with van der Waals surface area (Å²) in [4.78, 5) is 15.1. The fourth-order valence-corrected chi connectivity index (χ4v) is 5.87. The monoisotopic (exact) mass is 420 g/mol. The first kappa shape index (κ1) is 20.4. The van der Waals surface area contributed by atoms with Gasteiger partial charge in [0, 0.05) is 19.6 Å². The van der Waals surface area contributed by atoms with Crippen LogP contribution in [0.4, 0.5) is 0 Å². The Morgan fingerprint density at radius 3 is 2.55 bits per heavy atom. The average Bonchev–Trinajstić information content (AvgIpc) is 3.14. The Labute approximate surface area is 184 Å². The van der Waals surface area contributed by atoms with E-state index >= 15 is 0 Å². The van der Waals surface area contributed by atoms with E-state index in [2.05, 4.69) is 36.1 Å². The smallest absolute Gasteiger partial charge is 0.231 e. The molecule has 0 spiro atoms. The van der Waals surface area contributed by atoms with Crippen LogP contribution in [0.3, 0.4) is 0 Å². The number of fused-ring (bicyclic) bond motifs is 2.